The molecule has 0 aliphatic carbocycles. The van der Waals surface area contributed by atoms with E-state index in [2.05, 4.69) is 16.9 Å². The van der Waals surface area contributed by atoms with Crippen LogP contribution in [-0.2, 0) is 16.1 Å². The molecule has 5 heteroatoms. The van der Waals surface area contributed by atoms with Crippen molar-refractivity contribution in [2.45, 2.75) is 20.5 Å². The number of methoxy groups -OCH3 is 1. The Kier molecular flexibility index (Phi) is 5.61. The van der Waals surface area contributed by atoms with Gasteiger partial charge in [0, 0.05) is 12.6 Å². The fourth-order valence-electron chi connectivity index (χ4n) is 1.75. The molecule has 0 atom stereocenters. The highest BCUT2D eigenvalue weighted by atomic mass is 16.5. The zero-order valence-corrected chi connectivity index (χ0v) is 11.3. The number of ether oxygens (including phenoxy) is 2. The SMILES string of the molecule is CNNC(=O)COCc1c(C)cc(C)cc1OC. The van der Waals surface area contributed by atoms with E-state index in [9.17, 15) is 4.79 Å². The van der Waals surface area contributed by atoms with Crippen LogP contribution < -0.4 is 15.6 Å². The van der Waals surface area contributed by atoms with Crippen LogP contribution in [0, 0.1) is 13.8 Å². The molecule has 0 fully saturated rings. The highest BCUT2D eigenvalue weighted by molar-refractivity contribution is 5.76. The average Bonchev–Trinajstić information content (AvgIpc) is 2.31. The normalized spacial score (nSPS) is 10.2. The van der Waals surface area contributed by atoms with Crippen molar-refractivity contribution >= 4 is 5.91 Å². The lowest BCUT2D eigenvalue weighted by Gasteiger charge is -2.13. The van der Waals surface area contributed by atoms with Crippen molar-refractivity contribution < 1.29 is 14.3 Å². The summed E-state index contributed by atoms with van der Waals surface area (Å²) in [5.74, 6) is 0.586. The van der Waals surface area contributed by atoms with Crippen molar-refractivity contribution in [1.82, 2.24) is 10.9 Å². The van der Waals surface area contributed by atoms with E-state index in [1.807, 2.05) is 19.9 Å². The third-order valence-electron chi connectivity index (χ3n) is 2.54. The summed E-state index contributed by atoms with van der Waals surface area (Å²) in [6, 6.07) is 4.02. The van der Waals surface area contributed by atoms with E-state index in [0.717, 1.165) is 22.4 Å². The maximum atomic E-state index is 11.2. The van der Waals surface area contributed by atoms with Gasteiger partial charge < -0.3 is 9.47 Å². The van der Waals surface area contributed by atoms with Crippen LogP contribution in [0.25, 0.3) is 0 Å². The molecule has 0 radical (unpaired) electrons. The van der Waals surface area contributed by atoms with E-state index < -0.39 is 0 Å². The number of carbonyl (C=O) groups is 1. The third kappa shape index (κ3) is 4.01. The molecule has 100 valence electrons. The molecular weight excluding hydrogens is 232 g/mol. The molecule has 0 bridgehead atoms. The zero-order chi connectivity index (χ0) is 13.5. The summed E-state index contributed by atoms with van der Waals surface area (Å²) in [6.07, 6.45) is 0. The first kappa shape index (κ1) is 14.5. The number of benzene rings is 1. The van der Waals surface area contributed by atoms with E-state index >= 15 is 0 Å². The van der Waals surface area contributed by atoms with E-state index in [1.54, 1.807) is 14.2 Å². The highest BCUT2D eigenvalue weighted by Crippen LogP contribution is 2.24. The van der Waals surface area contributed by atoms with Gasteiger partial charge >= 0.3 is 0 Å². The van der Waals surface area contributed by atoms with Gasteiger partial charge in [-0.05, 0) is 31.0 Å². The second kappa shape index (κ2) is 6.98. The maximum absolute atomic E-state index is 11.2. The number of amides is 1. The fourth-order valence-corrected chi connectivity index (χ4v) is 1.75. The van der Waals surface area contributed by atoms with Crippen molar-refractivity contribution in [2.24, 2.45) is 0 Å². The maximum Gasteiger partial charge on any atom is 0.260 e. The predicted octanol–water partition coefficient (Wildman–Crippen LogP) is 1.08. The lowest BCUT2D eigenvalue weighted by Crippen LogP contribution is -2.36. The van der Waals surface area contributed by atoms with Gasteiger partial charge in [-0.3, -0.25) is 10.2 Å². The van der Waals surface area contributed by atoms with Crippen molar-refractivity contribution in [3.05, 3.63) is 28.8 Å². The number of carbonyl (C=O) groups excluding carboxylic acids is 1. The van der Waals surface area contributed by atoms with Crippen molar-refractivity contribution in [1.29, 1.82) is 0 Å². The number of rotatable bonds is 6. The Morgan fingerprint density at radius 3 is 2.67 bits per heavy atom. The number of hydrazine groups is 1. The molecule has 0 unspecified atom stereocenters. The van der Waals surface area contributed by atoms with Crippen LogP contribution in [0.5, 0.6) is 5.75 Å². The smallest absolute Gasteiger partial charge is 0.260 e. The van der Waals surface area contributed by atoms with Crippen molar-refractivity contribution in [3.8, 4) is 5.75 Å². The van der Waals surface area contributed by atoms with Crippen LogP contribution in [0.1, 0.15) is 16.7 Å². The number of hydrogen-bond donors (Lipinski definition) is 2. The van der Waals surface area contributed by atoms with Gasteiger partial charge in [-0.2, -0.15) is 0 Å². The number of aryl methyl sites for hydroxylation is 2. The van der Waals surface area contributed by atoms with Crippen LogP contribution in [0.2, 0.25) is 0 Å². The second-order valence-electron chi connectivity index (χ2n) is 4.05. The van der Waals surface area contributed by atoms with Crippen molar-refractivity contribution in [3.63, 3.8) is 0 Å². The first-order valence-corrected chi connectivity index (χ1v) is 5.76. The van der Waals surface area contributed by atoms with Crippen LogP contribution >= 0.6 is 0 Å². The van der Waals surface area contributed by atoms with E-state index in [1.165, 1.54) is 0 Å². The monoisotopic (exact) mass is 252 g/mol. The van der Waals surface area contributed by atoms with Crippen LogP contribution in [-0.4, -0.2) is 26.7 Å². The quantitative estimate of drug-likeness (QED) is 0.744. The van der Waals surface area contributed by atoms with Gasteiger partial charge in [0.1, 0.15) is 12.4 Å². The molecule has 0 aliphatic rings. The van der Waals surface area contributed by atoms with Gasteiger partial charge in [0.05, 0.1) is 13.7 Å². The van der Waals surface area contributed by atoms with Crippen LogP contribution in [0.15, 0.2) is 12.1 Å². The summed E-state index contributed by atoms with van der Waals surface area (Å²) in [5.41, 5.74) is 8.20. The fraction of sp³-hybridized carbons (Fsp3) is 0.462. The number of hydrogen-bond acceptors (Lipinski definition) is 4. The standard InChI is InChI=1S/C13H20N2O3/c1-9-5-10(2)11(12(6-9)17-4)7-18-8-13(16)15-14-3/h5-6,14H,7-8H2,1-4H3,(H,15,16). The minimum absolute atomic E-state index is 0.0112. The Labute approximate surface area is 107 Å². The topological polar surface area (TPSA) is 59.6 Å². The van der Waals surface area contributed by atoms with E-state index in [-0.39, 0.29) is 12.5 Å². The summed E-state index contributed by atoms with van der Waals surface area (Å²) in [6.45, 7) is 4.38. The summed E-state index contributed by atoms with van der Waals surface area (Å²) < 4.78 is 10.7. The van der Waals surface area contributed by atoms with Gasteiger partial charge in [-0.25, -0.2) is 5.43 Å². The summed E-state index contributed by atoms with van der Waals surface area (Å²) in [4.78, 5) is 11.2. The molecule has 0 spiro atoms. The molecule has 1 amide bonds. The predicted molar refractivity (Wildman–Crippen MR) is 69.3 cm³/mol. The first-order valence-electron chi connectivity index (χ1n) is 5.76. The van der Waals surface area contributed by atoms with E-state index in [0.29, 0.717) is 6.61 Å². The molecule has 1 rings (SSSR count). The van der Waals surface area contributed by atoms with E-state index in [4.69, 9.17) is 9.47 Å². The molecule has 2 N–H and O–H groups in total. The Morgan fingerprint density at radius 1 is 1.33 bits per heavy atom. The third-order valence-corrected chi connectivity index (χ3v) is 2.54. The summed E-state index contributed by atoms with van der Waals surface area (Å²) >= 11 is 0. The molecule has 1 aromatic rings. The van der Waals surface area contributed by atoms with Gasteiger partial charge in [0.15, 0.2) is 0 Å². The highest BCUT2D eigenvalue weighted by Gasteiger charge is 2.09. The van der Waals surface area contributed by atoms with Gasteiger partial charge in [-0.1, -0.05) is 6.07 Å². The molecule has 0 saturated heterocycles. The zero-order valence-electron chi connectivity index (χ0n) is 11.3. The van der Waals surface area contributed by atoms with Gasteiger partial charge in [0.25, 0.3) is 5.91 Å². The van der Waals surface area contributed by atoms with Gasteiger partial charge in [0.2, 0.25) is 0 Å². The summed E-state index contributed by atoms with van der Waals surface area (Å²) in [7, 11) is 3.26. The lowest BCUT2D eigenvalue weighted by molar-refractivity contribution is -0.126. The van der Waals surface area contributed by atoms with Crippen LogP contribution in [0.4, 0.5) is 0 Å². The molecule has 5 nitrogen and oxygen atoms in total. The molecule has 18 heavy (non-hydrogen) atoms. The molecule has 0 saturated carbocycles. The lowest BCUT2D eigenvalue weighted by atomic mass is 10.1. The Balaban J connectivity index is 2.64. The van der Waals surface area contributed by atoms with Crippen LogP contribution in [0.3, 0.4) is 0 Å². The molecule has 1 aromatic carbocycles. The molecule has 0 aliphatic heterocycles. The summed E-state index contributed by atoms with van der Waals surface area (Å²) in [5, 5.41) is 0. The first-order chi connectivity index (χ1) is 8.58. The average molecular weight is 252 g/mol. The van der Waals surface area contributed by atoms with Crippen molar-refractivity contribution in [2.75, 3.05) is 20.8 Å². The number of nitrogens with one attached hydrogen (secondary N) is 2. The Hall–Kier alpha value is -1.59. The molecular formula is C13H20N2O3. The minimum atomic E-state index is -0.207. The largest absolute Gasteiger partial charge is 0.496 e. The molecule has 0 aromatic heterocycles. The minimum Gasteiger partial charge on any atom is -0.496 e. The second-order valence-corrected chi connectivity index (χ2v) is 4.05. The molecule has 0 heterocycles. The Morgan fingerprint density at radius 2 is 2.06 bits per heavy atom. The van der Waals surface area contributed by atoms with Gasteiger partial charge in [-0.15, -0.1) is 0 Å². The Bertz CT molecular complexity index is 419.